The van der Waals surface area contributed by atoms with E-state index in [9.17, 15) is 4.79 Å². The molecule has 0 saturated heterocycles. The fraction of sp³-hybridized carbons (Fsp3) is 0.957. The fourth-order valence-corrected chi connectivity index (χ4v) is 2.35. The van der Waals surface area contributed by atoms with E-state index in [4.69, 9.17) is 33.2 Å². The molecule has 0 bridgehead atoms. The molecule has 0 spiro atoms. The molecule has 0 aliphatic rings. The van der Waals surface area contributed by atoms with Crippen LogP contribution in [-0.2, 0) is 33.2 Å². The first kappa shape index (κ1) is 31.0. The molecule has 9 nitrogen and oxygen atoms in total. The molecule has 0 saturated carbocycles. The van der Waals surface area contributed by atoms with E-state index in [-0.39, 0.29) is 0 Å². The molecule has 0 fully saturated rings. The van der Waals surface area contributed by atoms with Crippen molar-refractivity contribution in [2.45, 2.75) is 59.0 Å². The summed E-state index contributed by atoms with van der Waals surface area (Å²) < 4.78 is 37.8. The van der Waals surface area contributed by atoms with Crippen LogP contribution < -0.4 is 5.32 Å². The highest BCUT2D eigenvalue weighted by molar-refractivity contribution is 5.67. The van der Waals surface area contributed by atoms with Crippen molar-refractivity contribution in [3.8, 4) is 0 Å². The molecule has 1 N–H and O–H groups in total. The highest BCUT2D eigenvalue weighted by Gasteiger charge is 2.15. The van der Waals surface area contributed by atoms with E-state index in [1.54, 1.807) is 0 Å². The van der Waals surface area contributed by atoms with Gasteiger partial charge in [-0.2, -0.15) is 0 Å². The highest BCUT2D eigenvalue weighted by Crippen LogP contribution is 2.06. The topological polar surface area (TPSA) is 93.7 Å². The summed E-state index contributed by atoms with van der Waals surface area (Å²) in [4.78, 5) is 11.4. The number of hydrogen-bond donors (Lipinski definition) is 1. The Bertz CT molecular complexity index is 404. The van der Waals surface area contributed by atoms with Gasteiger partial charge in [0, 0.05) is 26.4 Å². The Labute approximate surface area is 194 Å². The number of ether oxygens (including phenoxy) is 7. The molecule has 9 heteroatoms. The molecule has 0 aromatic carbocycles. The second kappa shape index (κ2) is 23.2. The minimum atomic E-state index is -0.492. The van der Waals surface area contributed by atoms with E-state index in [2.05, 4.69) is 12.2 Å². The minimum absolute atomic E-state index is 0.408. The Morgan fingerprint density at radius 1 is 0.594 bits per heavy atom. The summed E-state index contributed by atoms with van der Waals surface area (Å²) in [5, 5.41) is 2.64. The van der Waals surface area contributed by atoms with Crippen LogP contribution in [0.4, 0.5) is 4.79 Å². The summed E-state index contributed by atoms with van der Waals surface area (Å²) in [5.41, 5.74) is -0.492. The molecule has 0 aliphatic heterocycles. The van der Waals surface area contributed by atoms with Crippen LogP contribution in [0, 0.1) is 0 Å². The molecule has 0 rings (SSSR count). The van der Waals surface area contributed by atoms with Crippen LogP contribution >= 0.6 is 0 Å². The van der Waals surface area contributed by atoms with E-state index in [1.807, 2.05) is 20.8 Å². The summed E-state index contributed by atoms with van der Waals surface area (Å²) in [6.45, 7) is 15.3. The summed E-state index contributed by atoms with van der Waals surface area (Å²) in [7, 11) is 0. The lowest BCUT2D eigenvalue weighted by molar-refractivity contribution is 0.0105. The van der Waals surface area contributed by atoms with Crippen LogP contribution in [-0.4, -0.2) is 97.5 Å². The van der Waals surface area contributed by atoms with Gasteiger partial charge in [0.15, 0.2) is 0 Å². The summed E-state index contributed by atoms with van der Waals surface area (Å²) >= 11 is 0. The van der Waals surface area contributed by atoms with Crippen LogP contribution in [0.5, 0.6) is 0 Å². The minimum Gasteiger partial charge on any atom is -0.444 e. The van der Waals surface area contributed by atoms with Crippen molar-refractivity contribution < 1.29 is 38.0 Å². The standard InChI is InChI=1S/C23H47NO8/c1-5-10-26-14-18-30-19-15-27-11-7-6-8-12-28-16-20-31-21-17-29-13-9-24-22(25)32-23(2,3)4/h5-21H2,1-4H3,(H,24,25). The average molecular weight is 466 g/mol. The largest absolute Gasteiger partial charge is 0.444 e. The molecule has 192 valence electrons. The Morgan fingerprint density at radius 2 is 1.00 bits per heavy atom. The van der Waals surface area contributed by atoms with Crippen LogP contribution in [0.3, 0.4) is 0 Å². The molecule has 32 heavy (non-hydrogen) atoms. The van der Waals surface area contributed by atoms with E-state index < -0.39 is 11.7 Å². The zero-order valence-corrected chi connectivity index (χ0v) is 20.8. The molecule has 1 amide bonds. The summed E-state index contributed by atoms with van der Waals surface area (Å²) in [6.07, 6.45) is 3.73. The first-order chi connectivity index (χ1) is 15.5. The fourth-order valence-electron chi connectivity index (χ4n) is 2.35. The monoisotopic (exact) mass is 465 g/mol. The maximum absolute atomic E-state index is 11.4. The second-order valence-electron chi connectivity index (χ2n) is 8.16. The second-order valence-corrected chi connectivity index (χ2v) is 8.16. The van der Waals surface area contributed by atoms with Gasteiger partial charge in [0.2, 0.25) is 0 Å². The quantitative estimate of drug-likeness (QED) is 0.230. The van der Waals surface area contributed by atoms with Gasteiger partial charge < -0.3 is 38.5 Å². The molecule has 0 heterocycles. The zero-order chi connectivity index (χ0) is 23.8. The Hall–Kier alpha value is -0.970. The van der Waals surface area contributed by atoms with E-state index in [0.29, 0.717) is 66.0 Å². The molecule has 0 atom stereocenters. The van der Waals surface area contributed by atoms with Crippen molar-refractivity contribution in [3.63, 3.8) is 0 Å². The van der Waals surface area contributed by atoms with Gasteiger partial charge in [-0.3, -0.25) is 0 Å². The molecule has 0 unspecified atom stereocenters. The van der Waals surface area contributed by atoms with Gasteiger partial charge in [-0.25, -0.2) is 4.79 Å². The number of carbonyl (C=O) groups is 1. The lowest BCUT2D eigenvalue weighted by Gasteiger charge is -2.19. The van der Waals surface area contributed by atoms with E-state index >= 15 is 0 Å². The highest BCUT2D eigenvalue weighted by atomic mass is 16.6. The smallest absolute Gasteiger partial charge is 0.407 e. The van der Waals surface area contributed by atoms with Crippen molar-refractivity contribution in [1.29, 1.82) is 0 Å². The zero-order valence-electron chi connectivity index (χ0n) is 20.8. The number of carbonyl (C=O) groups excluding carboxylic acids is 1. The van der Waals surface area contributed by atoms with Gasteiger partial charge in [-0.15, -0.1) is 0 Å². The summed E-state index contributed by atoms with van der Waals surface area (Å²) in [6, 6.07) is 0. The van der Waals surface area contributed by atoms with Crippen molar-refractivity contribution in [1.82, 2.24) is 5.32 Å². The molecule has 0 aliphatic carbocycles. The van der Waals surface area contributed by atoms with Crippen LogP contribution in [0.2, 0.25) is 0 Å². The number of rotatable bonds is 23. The number of nitrogens with one attached hydrogen (secondary N) is 1. The third-order valence-electron chi connectivity index (χ3n) is 3.83. The van der Waals surface area contributed by atoms with Gasteiger partial charge in [-0.05, 0) is 46.5 Å². The molecular weight excluding hydrogens is 418 g/mol. The van der Waals surface area contributed by atoms with Gasteiger partial charge in [0.25, 0.3) is 0 Å². The number of amides is 1. The Balaban J connectivity index is 3.10. The number of alkyl carbamates (subject to hydrolysis) is 1. The molecule has 0 aromatic rings. The van der Waals surface area contributed by atoms with Gasteiger partial charge >= 0.3 is 6.09 Å². The normalized spacial score (nSPS) is 11.6. The van der Waals surface area contributed by atoms with E-state index in [0.717, 1.165) is 45.5 Å². The van der Waals surface area contributed by atoms with Crippen molar-refractivity contribution in [2.24, 2.45) is 0 Å². The molecule has 0 aromatic heterocycles. The number of hydrogen-bond acceptors (Lipinski definition) is 8. The molecule has 0 radical (unpaired) electrons. The molecular formula is C23H47NO8. The van der Waals surface area contributed by atoms with Crippen molar-refractivity contribution >= 4 is 6.09 Å². The van der Waals surface area contributed by atoms with E-state index in [1.165, 1.54) is 0 Å². The number of unbranched alkanes of at least 4 members (excludes halogenated alkanes) is 2. The third-order valence-corrected chi connectivity index (χ3v) is 3.83. The van der Waals surface area contributed by atoms with Gasteiger partial charge in [-0.1, -0.05) is 6.92 Å². The van der Waals surface area contributed by atoms with Crippen molar-refractivity contribution in [2.75, 3.05) is 85.8 Å². The Kier molecular flexibility index (Phi) is 22.5. The first-order valence-corrected chi connectivity index (χ1v) is 11.9. The SMILES string of the molecule is CCCOCCOCCOCCCCCOCCOCCOCCNC(=O)OC(C)(C)C. The van der Waals surface area contributed by atoms with Crippen LogP contribution in [0.1, 0.15) is 53.4 Å². The van der Waals surface area contributed by atoms with Crippen LogP contribution in [0.15, 0.2) is 0 Å². The maximum Gasteiger partial charge on any atom is 0.407 e. The Morgan fingerprint density at radius 3 is 1.44 bits per heavy atom. The van der Waals surface area contributed by atoms with Gasteiger partial charge in [0.05, 0.1) is 59.5 Å². The lowest BCUT2D eigenvalue weighted by atomic mass is 10.2. The predicted molar refractivity (Wildman–Crippen MR) is 123 cm³/mol. The van der Waals surface area contributed by atoms with Crippen molar-refractivity contribution in [3.05, 3.63) is 0 Å². The maximum atomic E-state index is 11.4. The van der Waals surface area contributed by atoms with Gasteiger partial charge in [0.1, 0.15) is 5.60 Å². The first-order valence-electron chi connectivity index (χ1n) is 11.9. The van der Waals surface area contributed by atoms with Crippen LogP contribution in [0.25, 0.3) is 0 Å². The third kappa shape index (κ3) is 27.1. The average Bonchev–Trinajstić information content (AvgIpc) is 2.73. The predicted octanol–water partition coefficient (Wildman–Crippen LogP) is 3.19. The summed E-state index contributed by atoms with van der Waals surface area (Å²) in [5.74, 6) is 0. The lowest BCUT2D eigenvalue weighted by Crippen LogP contribution is -2.34.